The van der Waals surface area contributed by atoms with Crippen molar-refractivity contribution in [2.45, 2.75) is 13.8 Å². The van der Waals surface area contributed by atoms with Gasteiger partial charge < -0.3 is 20.5 Å². The molecule has 1 saturated heterocycles. The van der Waals surface area contributed by atoms with Crippen LogP contribution in [0.3, 0.4) is 0 Å². The summed E-state index contributed by atoms with van der Waals surface area (Å²) in [6.45, 7) is 3.61. The number of imide groups is 1. The average molecular weight is 474 g/mol. The predicted octanol–water partition coefficient (Wildman–Crippen LogP) is 3.39. The number of hydrogen-bond acceptors (Lipinski definition) is 5. The van der Waals surface area contributed by atoms with Gasteiger partial charge in [0.15, 0.2) is 11.5 Å². The first-order chi connectivity index (χ1) is 14.3. The highest BCUT2D eigenvalue weighted by molar-refractivity contribution is 9.10. The second kappa shape index (κ2) is 9.00. The van der Waals surface area contributed by atoms with Gasteiger partial charge in [0.2, 0.25) is 5.91 Å². The van der Waals surface area contributed by atoms with E-state index < -0.39 is 24.4 Å². The number of carbonyl (C=O) groups is 3. The summed E-state index contributed by atoms with van der Waals surface area (Å²) in [4.78, 5) is 37.9. The number of benzene rings is 2. The first-order valence-corrected chi connectivity index (χ1v) is 9.94. The van der Waals surface area contributed by atoms with E-state index in [9.17, 15) is 19.5 Å². The summed E-state index contributed by atoms with van der Waals surface area (Å²) < 4.78 is 5.99. The Kier molecular flexibility index (Phi) is 6.41. The van der Waals surface area contributed by atoms with Crippen molar-refractivity contribution in [2.75, 3.05) is 18.5 Å². The topological polar surface area (TPSA) is 108 Å². The third kappa shape index (κ3) is 4.80. The number of nitrogens with one attached hydrogen (secondary N) is 2. The third-order valence-corrected chi connectivity index (χ3v) is 4.73. The molecule has 2 aromatic carbocycles. The largest absolute Gasteiger partial charge is 0.504 e. The quantitative estimate of drug-likeness (QED) is 0.440. The summed E-state index contributed by atoms with van der Waals surface area (Å²) in [7, 11) is 0. The van der Waals surface area contributed by atoms with Gasteiger partial charge in [-0.1, -0.05) is 33.6 Å². The number of nitrogens with zero attached hydrogens (tertiary/aromatic N) is 1. The number of anilines is 1. The minimum atomic E-state index is -0.718. The van der Waals surface area contributed by atoms with Crippen molar-refractivity contribution in [3.63, 3.8) is 0 Å². The number of phenolic OH excluding ortho intramolecular Hbond substituents is 1. The number of ether oxygens (including phenoxy) is 1. The molecule has 30 heavy (non-hydrogen) atoms. The van der Waals surface area contributed by atoms with Gasteiger partial charge >= 0.3 is 6.03 Å². The number of aromatic hydroxyl groups is 1. The zero-order valence-corrected chi connectivity index (χ0v) is 17.9. The van der Waals surface area contributed by atoms with E-state index in [0.29, 0.717) is 16.8 Å². The lowest BCUT2D eigenvalue weighted by molar-refractivity contribution is -0.127. The normalized spacial score (nSPS) is 14.8. The molecule has 3 rings (SSSR count). The second-order valence-corrected chi connectivity index (χ2v) is 7.48. The molecule has 0 aromatic heterocycles. The summed E-state index contributed by atoms with van der Waals surface area (Å²) in [5, 5.41) is 15.4. The molecule has 0 saturated carbocycles. The SMILES string of the molecule is CCOc1cc(Br)cc(/C=C2/NC(=O)N(CC(=O)Nc3ccc(C)cc3)C2=O)c1O. The molecular weight excluding hydrogens is 454 g/mol. The molecule has 0 bridgehead atoms. The molecule has 0 radical (unpaired) electrons. The van der Waals surface area contributed by atoms with E-state index in [1.165, 1.54) is 6.08 Å². The van der Waals surface area contributed by atoms with Crippen LogP contribution in [0.25, 0.3) is 6.08 Å². The van der Waals surface area contributed by atoms with Crippen molar-refractivity contribution >= 4 is 45.5 Å². The molecule has 1 heterocycles. The van der Waals surface area contributed by atoms with Crippen molar-refractivity contribution in [3.05, 3.63) is 57.7 Å². The van der Waals surface area contributed by atoms with E-state index in [-0.39, 0.29) is 22.8 Å². The first kappa shape index (κ1) is 21.4. The van der Waals surface area contributed by atoms with E-state index in [1.807, 2.05) is 19.1 Å². The van der Waals surface area contributed by atoms with Gasteiger partial charge in [-0.25, -0.2) is 9.69 Å². The van der Waals surface area contributed by atoms with Gasteiger partial charge in [-0.05, 0) is 44.2 Å². The minimum Gasteiger partial charge on any atom is -0.504 e. The van der Waals surface area contributed by atoms with Gasteiger partial charge in [-0.2, -0.15) is 0 Å². The minimum absolute atomic E-state index is 0.0565. The van der Waals surface area contributed by atoms with Crippen LogP contribution in [0.4, 0.5) is 10.5 Å². The van der Waals surface area contributed by atoms with Crippen LogP contribution in [0, 0.1) is 6.92 Å². The second-order valence-electron chi connectivity index (χ2n) is 6.57. The van der Waals surface area contributed by atoms with Crippen LogP contribution in [-0.2, 0) is 9.59 Å². The zero-order valence-electron chi connectivity index (χ0n) is 16.4. The van der Waals surface area contributed by atoms with Crippen LogP contribution in [0.15, 0.2) is 46.6 Å². The van der Waals surface area contributed by atoms with Crippen LogP contribution in [0.2, 0.25) is 0 Å². The van der Waals surface area contributed by atoms with Crippen molar-refractivity contribution in [2.24, 2.45) is 0 Å². The number of rotatable bonds is 6. The number of phenols is 1. The van der Waals surface area contributed by atoms with Gasteiger partial charge in [0.05, 0.1) is 6.61 Å². The lowest BCUT2D eigenvalue weighted by Gasteiger charge is -2.12. The lowest BCUT2D eigenvalue weighted by atomic mass is 10.1. The molecule has 9 heteroatoms. The van der Waals surface area contributed by atoms with E-state index in [1.54, 1.807) is 31.2 Å². The Hall–Kier alpha value is -3.33. The highest BCUT2D eigenvalue weighted by Gasteiger charge is 2.35. The molecule has 0 atom stereocenters. The van der Waals surface area contributed by atoms with E-state index >= 15 is 0 Å². The Balaban J connectivity index is 1.76. The fourth-order valence-corrected chi connectivity index (χ4v) is 3.28. The fraction of sp³-hybridized carbons (Fsp3) is 0.190. The van der Waals surface area contributed by atoms with Crippen LogP contribution < -0.4 is 15.4 Å². The number of hydrogen-bond donors (Lipinski definition) is 3. The van der Waals surface area contributed by atoms with Gasteiger partial charge in [0.25, 0.3) is 5.91 Å². The molecule has 1 aliphatic heterocycles. The van der Waals surface area contributed by atoms with Crippen molar-refractivity contribution in [1.82, 2.24) is 10.2 Å². The Labute approximate surface area is 181 Å². The van der Waals surface area contributed by atoms with Crippen LogP contribution in [-0.4, -0.2) is 41.0 Å². The molecule has 8 nitrogen and oxygen atoms in total. The fourth-order valence-electron chi connectivity index (χ4n) is 2.82. The van der Waals surface area contributed by atoms with Gasteiger partial charge in [0.1, 0.15) is 12.2 Å². The summed E-state index contributed by atoms with van der Waals surface area (Å²) in [5.74, 6) is -1.10. The maximum atomic E-state index is 12.6. The van der Waals surface area contributed by atoms with Crippen LogP contribution in [0.5, 0.6) is 11.5 Å². The Morgan fingerprint density at radius 2 is 1.97 bits per heavy atom. The summed E-state index contributed by atoms with van der Waals surface area (Å²) in [6, 6.07) is 9.60. The Morgan fingerprint density at radius 3 is 2.63 bits per heavy atom. The molecule has 4 amide bonds. The molecule has 0 unspecified atom stereocenters. The van der Waals surface area contributed by atoms with Crippen molar-refractivity contribution < 1.29 is 24.2 Å². The number of urea groups is 1. The standard InChI is InChI=1S/C21H20BrN3O5/c1-3-30-17-10-14(22)8-13(19(17)27)9-16-20(28)25(21(29)24-16)11-18(26)23-15-6-4-12(2)5-7-15/h4-10,27H,3,11H2,1-2H3,(H,23,26)(H,24,29)/b16-9+. The summed E-state index contributed by atoms with van der Waals surface area (Å²) in [6.07, 6.45) is 1.33. The van der Waals surface area contributed by atoms with Gasteiger partial charge in [-0.3, -0.25) is 9.59 Å². The lowest BCUT2D eigenvalue weighted by Crippen LogP contribution is -2.38. The maximum absolute atomic E-state index is 12.6. The Morgan fingerprint density at radius 1 is 1.27 bits per heavy atom. The van der Waals surface area contributed by atoms with Gasteiger partial charge in [0, 0.05) is 15.7 Å². The van der Waals surface area contributed by atoms with Crippen LogP contribution >= 0.6 is 15.9 Å². The number of carbonyl (C=O) groups excluding carboxylic acids is 3. The smallest absolute Gasteiger partial charge is 0.329 e. The summed E-state index contributed by atoms with van der Waals surface area (Å²) >= 11 is 3.32. The number of halogens is 1. The van der Waals surface area contributed by atoms with Crippen LogP contribution in [0.1, 0.15) is 18.1 Å². The number of aryl methyl sites for hydroxylation is 1. The summed E-state index contributed by atoms with van der Waals surface area (Å²) in [5.41, 5.74) is 1.83. The van der Waals surface area contributed by atoms with Crippen molar-refractivity contribution in [3.8, 4) is 11.5 Å². The molecule has 2 aromatic rings. The Bertz CT molecular complexity index is 1030. The monoisotopic (exact) mass is 473 g/mol. The van der Waals surface area contributed by atoms with Gasteiger partial charge in [-0.15, -0.1) is 0 Å². The molecule has 0 aliphatic carbocycles. The molecule has 1 aliphatic rings. The average Bonchev–Trinajstić information content (AvgIpc) is 2.95. The number of amides is 4. The first-order valence-electron chi connectivity index (χ1n) is 9.15. The maximum Gasteiger partial charge on any atom is 0.329 e. The highest BCUT2D eigenvalue weighted by Crippen LogP contribution is 2.35. The molecule has 156 valence electrons. The molecule has 1 fully saturated rings. The van der Waals surface area contributed by atoms with E-state index in [2.05, 4.69) is 26.6 Å². The molecule has 0 spiro atoms. The van der Waals surface area contributed by atoms with Crippen molar-refractivity contribution in [1.29, 1.82) is 0 Å². The van der Waals surface area contributed by atoms with E-state index in [4.69, 9.17) is 4.74 Å². The van der Waals surface area contributed by atoms with E-state index in [0.717, 1.165) is 10.5 Å². The molecule has 3 N–H and O–H groups in total. The third-order valence-electron chi connectivity index (χ3n) is 4.27. The highest BCUT2D eigenvalue weighted by atomic mass is 79.9. The zero-order chi connectivity index (χ0) is 21.8. The predicted molar refractivity (Wildman–Crippen MR) is 115 cm³/mol. The molecular formula is C21H20BrN3O5.